The van der Waals surface area contributed by atoms with Crippen molar-refractivity contribution in [3.63, 3.8) is 0 Å². The van der Waals surface area contributed by atoms with Gasteiger partial charge in [0, 0.05) is 6.54 Å². The molecule has 0 atom stereocenters. The van der Waals surface area contributed by atoms with Crippen molar-refractivity contribution >= 4 is 5.91 Å². The molecule has 1 aromatic carbocycles. The highest BCUT2D eigenvalue weighted by molar-refractivity contribution is 5.77. The lowest BCUT2D eigenvalue weighted by Gasteiger charge is -2.17. The summed E-state index contributed by atoms with van der Waals surface area (Å²) in [7, 11) is 1.58. The number of benzene rings is 1. The van der Waals surface area contributed by atoms with Gasteiger partial charge >= 0.3 is 0 Å². The van der Waals surface area contributed by atoms with Crippen molar-refractivity contribution in [3.05, 3.63) is 24.3 Å². The molecule has 0 fully saturated rings. The molecule has 0 aromatic heterocycles. The lowest BCUT2D eigenvalue weighted by molar-refractivity contribution is -0.123. The summed E-state index contributed by atoms with van der Waals surface area (Å²) in [5.41, 5.74) is 0.304. The van der Waals surface area contributed by atoms with E-state index >= 15 is 0 Å². The fraction of sp³-hybridized carbons (Fsp3) is 0.562. The van der Waals surface area contributed by atoms with Gasteiger partial charge in [0.25, 0.3) is 5.91 Å². The summed E-state index contributed by atoms with van der Waals surface area (Å²) in [5.74, 6) is 1.11. The molecular formula is C16H25NO3. The number of ether oxygens (including phenoxy) is 2. The van der Waals surface area contributed by atoms with Crippen LogP contribution in [-0.2, 0) is 4.79 Å². The third-order valence-corrected chi connectivity index (χ3v) is 2.85. The Morgan fingerprint density at radius 2 is 1.85 bits per heavy atom. The molecule has 1 amide bonds. The summed E-state index contributed by atoms with van der Waals surface area (Å²) in [6, 6.07) is 7.29. The fourth-order valence-corrected chi connectivity index (χ4v) is 1.78. The first-order chi connectivity index (χ1) is 9.42. The van der Waals surface area contributed by atoms with E-state index in [4.69, 9.17) is 9.47 Å². The summed E-state index contributed by atoms with van der Waals surface area (Å²) in [6.07, 6.45) is 2.06. The highest BCUT2D eigenvalue weighted by Gasteiger charge is 2.10. The van der Waals surface area contributed by atoms with E-state index in [0.717, 1.165) is 12.8 Å². The average molecular weight is 279 g/mol. The number of methoxy groups -OCH3 is 1. The topological polar surface area (TPSA) is 47.6 Å². The fourth-order valence-electron chi connectivity index (χ4n) is 1.78. The zero-order chi connectivity index (χ0) is 15.0. The molecule has 0 spiro atoms. The van der Waals surface area contributed by atoms with Crippen LogP contribution in [0.4, 0.5) is 0 Å². The Hall–Kier alpha value is -1.71. The Labute approximate surface area is 121 Å². The van der Waals surface area contributed by atoms with E-state index in [1.165, 1.54) is 0 Å². The second-order valence-corrected chi connectivity index (χ2v) is 5.95. The Morgan fingerprint density at radius 3 is 2.45 bits per heavy atom. The van der Waals surface area contributed by atoms with Crippen molar-refractivity contribution in [2.24, 2.45) is 5.41 Å². The summed E-state index contributed by atoms with van der Waals surface area (Å²) >= 11 is 0. The van der Waals surface area contributed by atoms with Crippen molar-refractivity contribution < 1.29 is 14.3 Å². The Bertz CT molecular complexity index is 424. The standard InChI is InChI=1S/C16H25NO3/c1-16(2,3)10-7-11-17-15(18)12-20-14-9-6-5-8-13(14)19-4/h5-6,8-9H,7,10-12H2,1-4H3,(H,17,18). The lowest BCUT2D eigenvalue weighted by Crippen LogP contribution is -2.30. The molecule has 4 heteroatoms. The number of nitrogens with one attached hydrogen (secondary N) is 1. The number of amides is 1. The number of hydrogen-bond donors (Lipinski definition) is 1. The second kappa shape index (κ2) is 7.78. The van der Waals surface area contributed by atoms with Gasteiger partial charge < -0.3 is 14.8 Å². The molecule has 4 nitrogen and oxygen atoms in total. The highest BCUT2D eigenvalue weighted by atomic mass is 16.5. The molecule has 0 aliphatic carbocycles. The van der Waals surface area contributed by atoms with Gasteiger partial charge in [-0.25, -0.2) is 0 Å². The maximum atomic E-state index is 11.7. The second-order valence-electron chi connectivity index (χ2n) is 5.95. The SMILES string of the molecule is COc1ccccc1OCC(=O)NCCCC(C)(C)C. The van der Waals surface area contributed by atoms with E-state index in [9.17, 15) is 4.79 Å². The van der Waals surface area contributed by atoms with Crippen LogP contribution in [0.3, 0.4) is 0 Å². The molecule has 0 heterocycles. The minimum atomic E-state index is -0.107. The van der Waals surface area contributed by atoms with E-state index in [1.807, 2.05) is 12.1 Å². The van der Waals surface area contributed by atoms with Gasteiger partial charge in [-0.2, -0.15) is 0 Å². The third-order valence-electron chi connectivity index (χ3n) is 2.85. The number of para-hydroxylation sites is 2. The van der Waals surface area contributed by atoms with Gasteiger partial charge in [-0.05, 0) is 30.4 Å². The Morgan fingerprint density at radius 1 is 1.20 bits per heavy atom. The molecule has 0 aliphatic rings. The predicted octanol–water partition coefficient (Wildman–Crippen LogP) is 3.02. The van der Waals surface area contributed by atoms with Crippen LogP contribution in [0.5, 0.6) is 11.5 Å². The zero-order valence-corrected chi connectivity index (χ0v) is 12.9. The van der Waals surface area contributed by atoms with Gasteiger partial charge in [0.2, 0.25) is 0 Å². The third kappa shape index (κ3) is 6.45. The normalized spacial score (nSPS) is 11.0. The van der Waals surface area contributed by atoms with Gasteiger partial charge in [-0.1, -0.05) is 32.9 Å². The summed E-state index contributed by atoms with van der Waals surface area (Å²) < 4.78 is 10.6. The number of carbonyl (C=O) groups excluding carboxylic acids is 1. The number of rotatable bonds is 7. The van der Waals surface area contributed by atoms with Gasteiger partial charge in [0.15, 0.2) is 18.1 Å². The molecule has 1 N–H and O–H groups in total. The van der Waals surface area contributed by atoms with Crippen molar-refractivity contribution in [2.75, 3.05) is 20.3 Å². The molecule has 1 aromatic rings. The molecular weight excluding hydrogens is 254 g/mol. The van der Waals surface area contributed by atoms with E-state index in [1.54, 1.807) is 19.2 Å². The van der Waals surface area contributed by atoms with Crippen molar-refractivity contribution in [3.8, 4) is 11.5 Å². The quantitative estimate of drug-likeness (QED) is 0.780. The highest BCUT2D eigenvalue weighted by Crippen LogP contribution is 2.25. The molecule has 20 heavy (non-hydrogen) atoms. The lowest BCUT2D eigenvalue weighted by atomic mass is 9.91. The molecule has 0 radical (unpaired) electrons. The Balaban J connectivity index is 2.26. The van der Waals surface area contributed by atoms with Crippen LogP contribution >= 0.6 is 0 Å². The maximum Gasteiger partial charge on any atom is 0.257 e. The van der Waals surface area contributed by atoms with Crippen molar-refractivity contribution in [1.29, 1.82) is 0 Å². The van der Waals surface area contributed by atoms with Gasteiger partial charge in [-0.3, -0.25) is 4.79 Å². The van der Waals surface area contributed by atoms with Crippen LogP contribution in [0.25, 0.3) is 0 Å². The molecule has 0 aliphatic heterocycles. The number of hydrogen-bond acceptors (Lipinski definition) is 3. The summed E-state index contributed by atoms with van der Waals surface area (Å²) in [4.78, 5) is 11.7. The monoisotopic (exact) mass is 279 g/mol. The van der Waals surface area contributed by atoms with E-state index < -0.39 is 0 Å². The van der Waals surface area contributed by atoms with Crippen LogP contribution in [0.1, 0.15) is 33.6 Å². The molecule has 0 unspecified atom stereocenters. The minimum absolute atomic E-state index is 0.00981. The van der Waals surface area contributed by atoms with Crippen LogP contribution in [0.2, 0.25) is 0 Å². The first kappa shape index (κ1) is 16.3. The smallest absolute Gasteiger partial charge is 0.257 e. The molecule has 0 bridgehead atoms. The summed E-state index contributed by atoms with van der Waals surface area (Å²) in [6.45, 7) is 7.28. The average Bonchev–Trinajstić information content (AvgIpc) is 2.40. The first-order valence-corrected chi connectivity index (χ1v) is 6.95. The van der Waals surface area contributed by atoms with Gasteiger partial charge in [0.1, 0.15) is 0 Å². The van der Waals surface area contributed by atoms with E-state index in [0.29, 0.717) is 23.5 Å². The minimum Gasteiger partial charge on any atom is -0.493 e. The van der Waals surface area contributed by atoms with E-state index in [-0.39, 0.29) is 12.5 Å². The molecule has 112 valence electrons. The maximum absolute atomic E-state index is 11.7. The van der Waals surface area contributed by atoms with Gasteiger partial charge in [0.05, 0.1) is 7.11 Å². The number of carbonyl (C=O) groups is 1. The molecule has 1 rings (SSSR count). The van der Waals surface area contributed by atoms with Crippen molar-refractivity contribution in [2.45, 2.75) is 33.6 Å². The molecule has 0 saturated carbocycles. The summed E-state index contributed by atoms with van der Waals surface area (Å²) in [5, 5.41) is 2.86. The van der Waals surface area contributed by atoms with Crippen LogP contribution in [0, 0.1) is 5.41 Å². The Kier molecular flexibility index (Phi) is 6.36. The predicted molar refractivity (Wildman–Crippen MR) is 80.2 cm³/mol. The van der Waals surface area contributed by atoms with Crippen LogP contribution < -0.4 is 14.8 Å². The zero-order valence-electron chi connectivity index (χ0n) is 12.9. The van der Waals surface area contributed by atoms with Gasteiger partial charge in [-0.15, -0.1) is 0 Å². The van der Waals surface area contributed by atoms with E-state index in [2.05, 4.69) is 26.1 Å². The van der Waals surface area contributed by atoms with Crippen LogP contribution in [0.15, 0.2) is 24.3 Å². The first-order valence-electron chi connectivity index (χ1n) is 6.95. The van der Waals surface area contributed by atoms with Crippen molar-refractivity contribution in [1.82, 2.24) is 5.32 Å². The largest absolute Gasteiger partial charge is 0.493 e. The molecule has 0 saturated heterocycles. The van der Waals surface area contributed by atoms with Crippen LogP contribution in [-0.4, -0.2) is 26.2 Å².